The third-order valence-electron chi connectivity index (χ3n) is 1.30. The van der Waals surface area contributed by atoms with E-state index in [-0.39, 0.29) is 33.6 Å². The summed E-state index contributed by atoms with van der Waals surface area (Å²) >= 11 is 0. The first-order valence-corrected chi connectivity index (χ1v) is 3.09. The Labute approximate surface area is 89.0 Å². The van der Waals surface area contributed by atoms with Crippen LogP contribution in [0.2, 0.25) is 0 Å². The van der Waals surface area contributed by atoms with Crippen molar-refractivity contribution in [3.05, 3.63) is 39.9 Å². The fraction of sp³-hybridized carbons (Fsp3) is 0. The van der Waals surface area contributed by atoms with E-state index < -0.39 is 10.9 Å². The minimum Gasteiger partial charge on any atom is -0.478 e. The predicted molar refractivity (Wildman–Crippen MR) is 40.1 cm³/mol. The molecule has 0 aliphatic heterocycles. The molecule has 0 saturated heterocycles. The molecule has 1 rings (SSSR count). The number of aromatic carboxylic acids is 1. The maximum absolute atomic E-state index is 10.4. The Balaban J connectivity index is 0.00000144. The number of non-ortho nitro benzene ring substituents is 1. The topological polar surface area (TPSA) is 80.4 Å². The van der Waals surface area contributed by atoms with E-state index in [9.17, 15) is 14.9 Å². The van der Waals surface area contributed by atoms with Crippen molar-refractivity contribution in [3.8, 4) is 0 Å². The summed E-state index contributed by atoms with van der Waals surface area (Å²) in [7, 11) is 0. The van der Waals surface area contributed by atoms with Crippen LogP contribution in [0.1, 0.15) is 10.4 Å². The van der Waals surface area contributed by atoms with Crippen LogP contribution in [-0.2, 0) is 22.4 Å². The molecule has 5 nitrogen and oxygen atoms in total. The van der Waals surface area contributed by atoms with Gasteiger partial charge in [-0.15, -0.1) is 0 Å². The first-order chi connectivity index (χ1) is 5.61. The summed E-state index contributed by atoms with van der Waals surface area (Å²) in [6.07, 6.45) is 0. The molecule has 0 aromatic heterocycles. The van der Waals surface area contributed by atoms with Crippen molar-refractivity contribution in [3.63, 3.8) is 0 Å². The van der Waals surface area contributed by atoms with Crippen LogP contribution >= 0.6 is 0 Å². The summed E-state index contributed by atoms with van der Waals surface area (Å²) < 4.78 is 0. The largest absolute Gasteiger partial charge is 0.478 e. The van der Waals surface area contributed by atoms with Gasteiger partial charge in [0, 0.05) is 34.5 Å². The van der Waals surface area contributed by atoms with Gasteiger partial charge in [0.05, 0.1) is 10.5 Å². The summed E-state index contributed by atoms with van der Waals surface area (Å²) in [4.78, 5) is 19.9. The van der Waals surface area contributed by atoms with E-state index in [2.05, 4.69) is 0 Å². The molecular formula is C7H5AgNO4. The van der Waals surface area contributed by atoms with Gasteiger partial charge in [0.1, 0.15) is 0 Å². The van der Waals surface area contributed by atoms with Crippen LogP contribution in [0, 0.1) is 10.1 Å². The van der Waals surface area contributed by atoms with Crippen molar-refractivity contribution in [2.24, 2.45) is 0 Å². The molecule has 0 saturated carbocycles. The first-order valence-electron chi connectivity index (χ1n) is 3.09. The Hall–Kier alpha value is -1.17. The third kappa shape index (κ3) is 2.98. The molecule has 1 radical (unpaired) electrons. The molecule has 0 heterocycles. The molecule has 0 fully saturated rings. The monoisotopic (exact) mass is 274 g/mol. The zero-order chi connectivity index (χ0) is 9.14. The van der Waals surface area contributed by atoms with E-state index in [1.165, 1.54) is 18.2 Å². The van der Waals surface area contributed by atoms with E-state index in [1.54, 1.807) is 0 Å². The number of nitrogens with zero attached hydrogens (tertiary/aromatic N) is 1. The van der Waals surface area contributed by atoms with Crippen molar-refractivity contribution < 1.29 is 37.2 Å². The van der Waals surface area contributed by atoms with Gasteiger partial charge >= 0.3 is 5.97 Å². The fourth-order valence-electron chi connectivity index (χ4n) is 0.753. The Kier molecular flexibility index (Phi) is 4.33. The summed E-state index contributed by atoms with van der Waals surface area (Å²) in [5, 5.41) is 18.7. The van der Waals surface area contributed by atoms with Crippen molar-refractivity contribution in [1.82, 2.24) is 0 Å². The molecule has 6 heteroatoms. The second kappa shape index (κ2) is 4.76. The predicted octanol–water partition coefficient (Wildman–Crippen LogP) is 1.29. The molecule has 0 spiro atoms. The van der Waals surface area contributed by atoms with Crippen molar-refractivity contribution in [1.29, 1.82) is 0 Å². The van der Waals surface area contributed by atoms with Crippen LogP contribution in [0.3, 0.4) is 0 Å². The summed E-state index contributed by atoms with van der Waals surface area (Å²) in [5.74, 6) is -1.17. The van der Waals surface area contributed by atoms with E-state index in [0.717, 1.165) is 6.07 Å². The van der Waals surface area contributed by atoms with E-state index in [0.29, 0.717) is 0 Å². The molecule has 0 unspecified atom stereocenters. The molecule has 0 atom stereocenters. The van der Waals surface area contributed by atoms with Crippen LogP contribution in [0.5, 0.6) is 0 Å². The zero-order valence-corrected chi connectivity index (χ0v) is 7.71. The molecule has 0 amide bonds. The molecule has 1 aromatic carbocycles. The van der Waals surface area contributed by atoms with Gasteiger partial charge in [-0.2, -0.15) is 0 Å². The van der Waals surface area contributed by atoms with E-state index in [4.69, 9.17) is 5.11 Å². The number of nitro benzene ring substituents is 1. The minimum atomic E-state index is -1.17. The molecule has 0 aliphatic rings. The molecule has 0 bridgehead atoms. The number of benzene rings is 1. The smallest absolute Gasteiger partial charge is 0.335 e. The first kappa shape index (κ1) is 11.8. The van der Waals surface area contributed by atoms with Crippen molar-refractivity contribution >= 4 is 11.7 Å². The molecule has 0 aliphatic carbocycles. The Morgan fingerprint density at radius 3 is 2.54 bits per heavy atom. The second-order valence-corrected chi connectivity index (χ2v) is 2.11. The van der Waals surface area contributed by atoms with Gasteiger partial charge in [-0.1, -0.05) is 6.07 Å². The van der Waals surface area contributed by atoms with Gasteiger partial charge in [-0.3, -0.25) is 10.1 Å². The molecule has 1 aromatic rings. The molecule has 73 valence electrons. The maximum atomic E-state index is 10.4. The summed E-state index contributed by atoms with van der Waals surface area (Å²) in [6.45, 7) is 0. The van der Waals surface area contributed by atoms with Gasteiger partial charge in [0.15, 0.2) is 0 Å². The number of carboxylic acids is 1. The normalized spacial score (nSPS) is 8.62. The van der Waals surface area contributed by atoms with Gasteiger partial charge < -0.3 is 5.11 Å². The number of hydrogen-bond acceptors (Lipinski definition) is 3. The van der Waals surface area contributed by atoms with Gasteiger partial charge in [0.2, 0.25) is 0 Å². The van der Waals surface area contributed by atoms with Crippen LogP contribution in [0.15, 0.2) is 24.3 Å². The Morgan fingerprint density at radius 1 is 1.46 bits per heavy atom. The fourth-order valence-corrected chi connectivity index (χ4v) is 0.753. The average molecular weight is 275 g/mol. The SMILES string of the molecule is O=C(O)c1cccc([N+](=O)[O-])c1.[Ag]. The van der Waals surface area contributed by atoms with Gasteiger partial charge in [0.25, 0.3) is 5.69 Å². The molecular weight excluding hydrogens is 270 g/mol. The average Bonchev–Trinajstić information content (AvgIpc) is 2.04. The maximum Gasteiger partial charge on any atom is 0.335 e. The van der Waals surface area contributed by atoms with Crippen LogP contribution in [-0.4, -0.2) is 16.0 Å². The number of carboxylic acid groups (broad SMARTS) is 1. The van der Waals surface area contributed by atoms with Gasteiger partial charge in [-0.25, -0.2) is 4.79 Å². The van der Waals surface area contributed by atoms with E-state index in [1.807, 2.05) is 0 Å². The third-order valence-corrected chi connectivity index (χ3v) is 1.30. The molecule has 13 heavy (non-hydrogen) atoms. The number of carbonyl (C=O) groups is 1. The van der Waals surface area contributed by atoms with Crippen molar-refractivity contribution in [2.45, 2.75) is 0 Å². The van der Waals surface area contributed by atoms with Crippen LogP contribution in [0.4, 0.5) is 5.69 Å². The number of hydrogen-bond donors (Lipinski definition) is 1. The van der Waals surface area contributed by atoms with Crippen LogP contribution in [0.25, 0.3) is 0 Å². The standard InChI is InChI=1S/C7H5NO4.Ag/c9-7(10)5-2-1-3-6(4-5)8(11)12;/h1-4H,(H,9,10);. The van der Waals surface area contributed by atoms with Crippen LogP contribution < -0.4 is 0 Å². The summed E-state index contributed by atoms with van der Waals surface area (Å²) in [5.41, 5.74) is -0.292. The minimum absolute atomic E-state index is 0. The number of rotatable bonds is 2. The molecule has 1 N–H and O–H groups in total. The zero-order valence-electron chi connectivity index (χ0n) is 6.23. The Morgan fingerprint density at radius 2 is 2.08 bits per heavy atom. The quantitative estimate of drug-likeness (QED) is 0.501. The van der Waals surface area contributed by atoms with Gasteiger partial charge in [-0.05, 0) is 6.07 Å². The summed E-state index contributed by atoms with van der Waals surface area (Å²) in [6, 6.07) is 4.89. The van der Waals surface area contributed by atoms with E-state index >= 15 is 0 Å². The van der Waals surface area contributed by atoms with Crippen molar-refractivity contribution in [2.75, 3.05) is 0 Å². The Bertz CT molecular complexity index is 310. The number of nitro groups is 1. The second-order valence-electron chi connectivity index (χ2n) is 2.11.